The molecule has 1 aliphatic rings. The van der Waals surface area contributed by atoms with Crippen LogP contribution in [0, 0.1) is 0 Å². The number of halogens is 2. The van der Waals surface area contributed by atoms with Crippen molar-refractivity contribution in [2.45, 2.75) is 5.12 Å². The normalized spacial score (nSPS) is 18.0. The molecule has 1 heterocycles. The molecule has 6 heteroatoms. The molecule has 1 aromatic rings. The average molecular weight is 215 g/mol. The van der Waals surface area contributed by atoms with Crippen LogP contribution >= 0.6 is 23.2 Å². The van der Waals surface area contributed by atoms with Gasteiger partial charge in [0.05, 0.1) is 0 Å². The van der Waals surface area contributed by atoms with Crippen molar-refractivity contribution < 1.29 is 0 Å². The Morgan fingerprint density at radius 3 is 2.08 bits per heavy atom. The van der Waals surface area contributed by atoms with Crippen LogP contribution in [0.5, 0.6) is 0 Å². The Kier molecular flexibility index (Phi) is 2.01. The number of rotatable bonds is 1. The van der Waals surface area contributed by atoms with E-state index in [1.54, 1.807) is 24.3 Å². The first kappa shape index (κ1) is 8.59. The summed E-state index contributed by atoms with van der Waals surface area (Å²) < 4.78 is 0. The van der Waals surface area contributed by atoms with Crippen molar-refractivity contribution in [3.05, 3.63) is 34.9 Å². The van der Waals surface area contributed by atoms with E-state index in [1.165, 1.54) is 0 Å². The molecule has 0 aliphatic carbocycles. The predicted octanol–water partition coefficient (Wildman–Crippen LogP) is 3.52. The van der Waals surface area contributed by atoms with Crippen LogP contribution < -0.4 is 0 Å². The van der Waals surface area contributed by atoms with Crippen LogP contribution in [0.4, 0.5) is 0 Å². The van der Waals surface area contributed by atoms with Gasteiger partial charge in [-0.15, -0.1) is 10.2 Å². The van der Waals surface area contributed by atoms with Gasteiger partial charge in [-0.3, -0.25) is 0 Å². The van der Waals surface area contributed by atoms with E-state index in [4.69, 9.17) is 23.2 Å². The van der Waals surface area contributed by atoms with Gasteiger partial charge in [0.2, 0.25) is 0 Å². The van der Waals surface area contributed by atoms with Crippen molar-refractivity contribution in [1.29, 1.82) is 0 Å². The molecule has 1 aliphatic heterocycles. The molecule has 0 radical (unpaired) electrons. The molecule has 0 N–H and O–H groups in total. The van der Waals surface area contributed by atoms with Crippen LogP contribution in [-0.2, 0) is 5.12 Å². The predicted molar refractivity (Wildman–Crippen MR) is 48.7 cm³/mol. The minimum absolute atomic E-state index is 0.635. The van der Waals surface area contributed by atoms with E-state index in [9.17, 15) is 0 Å². The van der Waals surface area contributed by atoms with Gasteiger partial charge in [-0.25, -0.2) is 0 Å². The summed E-state index contributed by atoms with van der Waals surface area (Å²) in [7, 11) is 0. The summed E-state index contributed by atoms with van der Waals surface area (Å²) in [6, 6.07) is 6.89. The van der Waals surface area contributed by atoms with Gasteiger partial charge in [-0.2, -0.15) is 0 Å². The van der Waals surface area contributed by atoms with E-state index in [2.05, 4.69) is 20.7 Å². The minimum Gasteiger partial charge on any atom is -0.112 e. The molecule has 2 rings (SSSR count). The van der Waals surface area contributed by atoms with Crippen LogP contribution in [0.1, 0.15) is 5.56 Å². The molecule has 0 unspecified atom stereocenters. The number of hydrogen-bond donors (Lipinski definition) is 0. The monoisotopic (exact) mass is 214 g/mol. The van der Waals surface area contributed by atoms with E-state index in [0.717, 1.165) is 0 Å². The van der Waals surface area contributed by atoms with Crippen molar-refractivity contribution in [3.63, 3.8) is 0 Å². The highest BCUT2D eigenvalue weighted by Gasteiger charge is 2.32. The minimum atomic E-state index is -1.19. The first-order chi connectivity index (χ1) is 6.21. The Hall–Kier alpha value is -1.00. The zero-order valence-electron chi connectivity index (χ0n) is 6.35. The lowest BCUT2D eigenvalue weighted by Crippen LogP contribution is -2.08. The summed E-state index contributed by atoms with van der Waals surface area (Å²) in [6.45, 7) is 0. The zero-order valence-corrected chi connectivity index (χ0v) is 7.87. The van der Waals surface area contributed by atoms with Gasteiger partial charge < -0.3 is 0 Å². The SMILES string of the molecule is Clc1ccc(C2(Cl)N=NN=N2)cc1. The van der Waals surface area contributed by atoms with Gasteiger partial charge in [0.25, 0.3) is 5.12 Å². The van der Waals surface area contributed by atoms with Crippen molar-refractivity contribution >= 4 is 23.2 Å². The smallest absolute Gasteiger partial charge is 0.112 e. The van der Waals surface area contributed by atoms with E-state index in [1.807, 2.05) is 0 Å². The Morgan fingerprint density at radius 2 is 1.54 bits per heavy atom. The lowest BCUT2D eigenvalue weighted by molar-refractivity contribution is 0.674. The summed E-state index contributed by atoms with van der Waals surface area (Å²) in [5, 5.41) is 13.5. The quantitative estimate of drug-likeness (QED) is 0.508. The number of alkyl halides is 1. The topological polar surface area (TPSA) is 49.4 Å². The molecular formula is C7H4Cl2N4. The highest BCUT2D eigenvalue weighted by Crippen LogP contribution is 2.36. The lowest BCUT2D eigenvalue weighted by Gasteiger charge is -2.10. The van der Waals surface area contributed by atoms with Gasteiger partial charge in [0.1, 0.15) is 0 Å². The van der Waals surface area contributed by atoms with E-state index >= 15 is 0 Å². The summed E-state index contributed by atoms with van der Waals surface area (Å²) in [6.07, 6.45) is 0. The molecule has 1 aromatic carbocycles. The van der Waals surface area contributed by atoms with Crippen LogP contribution in [-0.4, -0.2) is 0 Å². The van der Waals surface area contributed by atoms with E-state index in [-0.39, 0.29) is 0 Å². The molecule has 13 heavy (non-hydrogen) atoms. The number of benzene rings is 1. The molecule has 0 amide bonds. The molecule has 0 bridgehead atoms. The Labute approximate surface area is 84.3 Å². The molecule has 66 valence electrons. The van der Waals surface area contributed by atoms with Crippen LogP contribution in [0.15, 0.2) is 44.9 Å². The standard InChI is InChI=1S/C7H4Cl2N4/c8-6-3-1-5(2-4-6)7(9)10-12-13-11-7/h1-4H. The molecule has 0 saturated heterocycles. The van der Waals surface area contributed by atoms with Crippen LogP contribution in [0.25, 0.3) is 0 Å². The third kappa shape index (κ3) is 1.55. The number of hydrogen-bond acceptors (Lipinski definition) is 4. The van der Waals surface area contributed by atoms with Gasteiger partial charge in [-0.05, 0) is 22.6 Å². The summed E-state index contributed by atoms with van der Waals surface area (Å²) in [4.78, 5) is 0. The second-order valence-electron chi connectivity index (χ2n) is 2.47. The molecule has 4 nitrogen and oxygen atoms in total. The number of nitrogens with zero attached hydrogens (tertiary/aromatic N) is 4. The van der Waals surface area contributed by atoms with E-state index in [0.29, 0.717) is 10.6 Å². The zero-order chi connectivity index (χ0) is 9.31. The second kappa shape index (κ2) is 3.05. The molecule has 0 atom stereocenters. The van der Waals surface area contributed by atoms with Gasteiger partial charge in [-0.1, -0.05) is 35.3 Å². The summed E-state index contributed by atoms with van der Waals surface area (Å²) in [5.41, 5.74) is 0.698. The van der Waals surface area contributed by atoms with Crippen molar-refractivity contribution in [2.75, 3.05) is 0 Å². The van der Waals surface area contributed by atoms with Crippen LogP contribution in [0.3, 0.4) is 0 Å². The van der Waals surface area contributed by atoms with Crippen LogP contribution in [0.2, 0.25) is 5.02 Å². The molecule has 0 spiro atoms. The molecule has 0 saturated carbocycles. The maximum Gasteiger partial charge on any atom is 0.293 e. The fourth-order valence-electron chi connectivity index (χ4n) is 0.956. The lowest BCUT2D eigenvalue weighted by atomic mass is 10.2. The molecular weight excluding hydrogens is 211 g/mol. The average Bonchev–Trinajstić information content (AvgIpc) is 2.54. The first-order valence-electron chi connectivity index (χ1n) is 3.50. The first-order valence-corrected chi connectivity index (χ1v) is 4.25. The third-order valence-electron chi connectivity index (χ3n) is 1.61. The highest BCUT2D eigenvalue weighted by atomic mass is 35.5. The maximum absolute atomic E-state index is 5.98. The maximum atomic E-state index is 5.98. The third-order valence-corrected chi connectivity index (χ3v) is 2.23. The fraction of sp³-hybridized carbons (Fsp3) is 0.143. The Bertz CT molecular complexity index is 359. The summed E-state index contributed by atoms with van der Waals surface area (Å²) in [5.74, 6) is 0. The van der Waals surface area contributed by atoms with Gasteiger partial charge in [0, 0.05) is 10.6 Å². The van der Waals surface area contributed by atoms with E-state index < -0.39 is 5.12 Å². The molecule has 0 aromatic heterocycles. The highest BCUT2D eigenvalue weighted by molar-refractivity contribution is 6.30. The second-order valence-corrected chi connectivity index (χ2v) is 3.44. The van der Waals surface area contributed by atoms with Crippen molar-refractivity contribution in [1.82, 2.24) is 0 Å². The van der Waals surface area contributed by atoms with Gasteiger partial charge >= 0.3 is 0 Å². The Balaban J connectivity index is 2.41. The Morgan fingerprint density at radius 1 is 1.00 bits per heavy atom. The molecule has 0 fully saturated rings. The largest absolute Gasteiger partial charge is 0.293 e. The van der Waals surface area contributed by atoms with Crippen molar-refractivity contribution in [2.24, 2.45) is 20.7 Å². The van der Waals surface area contributed by atoms with Gasteiger partial charge in [0.15, 0.2) is 0 Å². The van der Waals surface area contributed by atoms with Crippen molar-refractivity contribution in [3.8, 4) is 0 Å². The summed E-state index contributed by atoms with van der Waals surface area (Å²) >= 11 is 11.7. The fourth-order valence-corrected chi connectivity index (χ4v) is 1.28.